The maximum Gasteiger partial charge on any atom is 0.230 e. The highest BCUT2D eigenvalue weighted by Crippen LogP contribution is 2.25. The number of nitrogens with zero attached hydrogens (tertiary/aromatic N) is 4. The molecule has 3 rings (SSSR count). The maximum absolute atomic E-state index is 12.3. The summed E-state index contributed by atoms with van der Waals surface area (Å²) < 4.78 is 2.04. The van der Waals surface area contributed by atoms with Gasteiger partial charge in [-0.25, -0.2) is 0 Å². The third-order valence-corrected chi connectivity index (χ3v) is 5.73. The summed E-state index contributed by atoms with van der Waals surface area (Å²) in [4.78, 5) is 16.3. The molecule has 1 fully saturated rings. The van der Waals surface area contributed by atoms with Gasteiger partial charge in [0, 0.05) is 30.5 Å². The minimum Gasteiger partial charge on any atom is -0.352 e. The summed E-state index contributed by atoms with van der Waals surface area (Å²) in [7, 11) is 0. The van der Waals surface area contributed by atoms with Crippen molar-refractivity contribution < 1.29 is 4.79 Å². The molecule has 1 amide bonds. The van der Waals surface area contributed by atoms with Gasteiger partial charge in [0.05, 0.1) is 5.75 Å². The van der Waals surface area contributed by atoms with Gasteiger partial charge in [-0.05, 0) is 37.8 Å². The van der Waals surface area contributed by atoms with E-state index >= 15 is 0 Å². The maximum atomic E-state index is 12.3. The number of carbonyl (C=O) groups is 1. The van der Waals surface area contributed by atoms with Crippen molar-refractivity contribution in [2.75, 3.05) is 5.75 Å². The normalized spacial score (nSPS) is 20.4. The van der Waals surface area contributed by atoms with Gasteiger partial charge in [0.1, 0.15) is 0 Å². The molecule has 2 atom stereocenters. The largest absolute Gasteiger partial charge is 0.352 e. The zero-order valence-electron chi connectivity index (χ0n) is 14.8. The molecule has 0 unspecified atom stereocenters. The lowest BCUT2D eigenvalue weighted by molar-refractivity contribution is -0.119. The summed E-state index contributed by atoms with van der Waals surface area (Å²) in [6, 6.07) is 4.15. The number of hydrogen-bond acceptors (Lipinski definition) is 5. The van der Waals surface area contributed by atoms with Crippen molar-refractivity contribution in [3.63, 3.8) is 0 Å². The van der Waals surface area contributed by atoms with E-state index in [4.69, 9.17) is 0 Å². The van der Waals surface area contributed by atoms with Gasteiger partial charge in [-0.1, -0.05) is 31.5 Å². The lowest BCUT2D eigenvalue weighted by Crippen LogP contribution is -2.41. The molecule has 1 saturated carbocycles. The van der Waals surface area contributed by atoms with Crippen molar-refractivity contribution in [1.29, 1.82) is 0 Å². The molecule has 0 radical (unpaired) electrons. The Morgan fingerprint density at radius 1 is 1.28 bits per heavy atom. The van der Waals surface area contributed by atoms with Gasteiger partial charge < -0.3 is 9.88 Å². The van der Waals surface area contributed by atoms with E-state index in [0.717, 1.165) is 29.5 Å². The van der Waals surface area contributed by atoms with Crippen LogP contribution in [-0.2, 0) is 11.3 Å². The van der Waals surface area contributed by atoms with Crippen LogP contribution in [0.1, 0.15) is 39.5 Å². The molecule has 6 nitrogen and oxygen atoms in total. The van der Waals surface area contributed by atoms with Crippen LogP contribution in [0.2, 0.25) is 0 Å². The van der Waals surface area contributed by atoms with E-state index in [-0.39, 0.29) is 5.91 Å². The van der Waals surface area contributed by atoms with Crippen molar-refractivity contribution in [2.45, 2.75) is 57.3 Å². The van der Waals surface area contributed by atoms with Crippen LogP contribution in [0.3, 0.4) is 0 Å². The van der Waals surface area contributed by atoms with Gasteiger partial charge in [0.25, 0.3) is 0 Å². The first-order valence-electron chi connectivity index (χ1n) is 8.94. The van der Waals surface area contributed by atoms with Gasteiger partial charge in [0.2, 0.25) is 5.91 Å². The average molecular weight is 359 g/mol. The molecular formula is C18H25N5OS. The second kappa shape index (κ2) is 8.47. The molecular weight excluding hydrogens is 334 g/mol. The molecule has 2 aromatic rings. The standard InChI is InChI=1S/C18H25N5OS/c1-3-23-17(14-8-10-19-11-9-14)21-22-18(23)25-12-16(24)20-15-7-5-4-6-13(15)2/h8-11,13,15H,3-7,12H2,1-2H3,(H,20,24)/t13-,15+/m1/s1. The van der Waals surface area contributed by atoms with E-state index in [1.807, 2.05) is 16.7 Å². The fourth-order valence-electron chi connectivity index (χ4n) is 3.30. The van der Waals surface area contributed by atoms with Crippen LogP contribution in [0.25, 0.3) is 11.4 Å². The minimum atomic E-state index is 0.0832. The second-order valence-corrected chi connectivity index (χ2v) is 7.45. The van der Waals surface area contributed by atoms with E-state index in [1.54, 1.807) is 12.4 Å². The summed E-state index contributed by atoms with van der Waals surface area (Å²) in [5.74, 6) is 1.84. The molecule has 134 valence electrons. The van der Waals surface area contributed by atoms with E-state index in [2.05, 4.69) is 34.3 Å². The van der Waals surface area contributed by atoms with E-state index in [1.165, 1.54) is 31.0 Å². The van der Waals surface area contributed by atoms with Crippen molar-refractivity contribution >= 4 is 17.7 Å². The van der Waals surface area contributed by atoms with Crippen molar-refractivity contribution in [3.8, 4) is 11.4 Å². The summed E-state index contributed by atoms with van der Waals surface area (Å²) in [5.41, 5.74) is 0.983. The molecule has 1 aliphatic carbocycles. The monoisotopic (exact) mass is 359 g/mol. The molecule has 25 heavy (non-hydrogen) atoms. The SMILES string of the molecule is CCn1c(SCC(=O)N[C@H]2CCCC[C@H]2C)nnc1-c1ccncc1. The third kappa shape index (κ3) is 4.39. The van der Waals surface area contributed by atoms with Crippen LogP contribution in [-0.4, -0.2) is 37.5 Å². The van der Waals surface area contributed by atoms with Crippen LogP contribution < -0.4 is 5.32 Å². The van der Waals surface area contributed by atoms with Crippen LogP contribution in [0.5, 0.6) is 0 Å². The molecule has 2 aromatic heterocycles. The number of rotatable bonds is 6. The molecule has 0 saturated heterocycles. The Labute approximate surface area is 152 Å². The van der Waals surface area contributed by atoms with Crippen molar-refractivity contribution in [3.05, 3.63) is 24.5 Å². The second-order valence-electron chi connectivity index (χ2n) is 6.51. The number of pyridine rings is 1. The summed E-state index contributed by atoms with van der Waals surface area (Å²) in [6.45, 7) is 5.04. The predicted octanol–water partition coefficient (Wildman–Crippen LogP) is 3.15. The number of amides is 1. The Morgan fingerprint density at radius 2 is 2.04 bits per heavy atom. The number of carbonyl (C=O) groups excluding carboxylic acids is 1. The molecule has 1 N–H and O–H groups in total. The first-order valence-corrected chi connectivity index (χ1v) is 9.93. The summed E-state index contributed by atoms with van der Waals surface area (Å²) in [5, 5.41) is 12.5. The lowest BCUT2D eigenvalue weighted by atomic mass is 9.86. The Morgan fingerprint density at radius 3 is 2.76 bits per heavy atom. The molecule has 1 aliphatic rings. The first kappa shape index (κ1) is 17.9. The molecule has 2 heterocycles. The quantitative estimate of drug-likeness (QED) is 0.802. The van der Waals surface area contributed by atoms with Gasteiger partial charge in [-0.3, -0.25) is 9.78 Å². The fourth-order valence-corrected chi connectivity index (χ4v) is 4.12. The number of thioether (sulfide) groups is 1. The highest BCUT2D eigenvalue weighted by atomic mass is 32.2. The zero-order chi connectivity index (χ0) is 17.6. The highest BCUT2D eigenvalue weighted by molar-refractivity contribution is 7.99. The number of nitrogens with one attached hydrogen (secondary N) is 1. The Bertz CT molecular complexity index is 703. The molecule has 7 heteroatoms. The van der Waals surface area contributed by atoms with Crippen LogP contribution in [0.15, 0.2) is 29.7 Å². The number of hydrogen-bond donors (Lipinski definition) is 1. The molecule has 0 bridgehead atoms. The van der Waals surface area contributed by atoms with Crippen LogP contribution >= 0.6 is 11.8 Å². The van der Waals surface area contributed by atoms with Gasteiger partial charge >= 0.3 is 0 Å². The van der Waals surface area contributed by atoms with Gasteiger partial charge in [0.15, 0.2) is 11.0 Å². The smallest absolute Gasteiger partial charge is 0.230 e. The summed E-state index contributed by atoms with van der Waals surface area (Å²) in [6.07, 6.45) is 8.28. The van der Waals surface area contributed by atoms with E-state index < -0.39 is 0 Å². The Hall–Kier alpha value is -1.89. The molecule has 0 spiro atoms. The third-order valence-electron chi connectivity index (χ3n) is 4.76. The predicted molar refractivity (Wildman–Crippen MR) is 99.2 cm³/mol. The highest BCUT2D eigenvalue weighted by Gasteiger charge is 2.23. The van der Waals surface area contributed by atoms with E-state index in [9.17, 15) is 4.79 Å². The van der Waals surface area contributed by atoms with E-state index in [0.29, 0.717) is 17.7 Å². The van der Waals surface area contributed by atoms with Gasteiger partial charge in [-0.2, -0.15) is 0 Å². The average Bonchev–Trinajstić information content (AvgIpc) is 3.05. The fraction of sp³-hybridized carbons (Fsp3) is 0.556. The zero-order valence-corrected chi connectivity index (χ0v) is 15.6. The topological polar surface area (TPSA) is 72.7 Å². The van der Waals surface area contributed by atoms with Crippen LogP contribution in [0.4, 0.5) is 0 Å². The van der Waals surface area contributed by atoms with Crippen LogP contribution in [0, 0.1) is 5.92 Å². The lowest BCUT2D eigenvalue weighted by Gasteiger charge is -2.29. The van der Waals surface area contributed by atoms with Crippen molar-refractivity contribution in [1.82, 2.24) is 25.1 Å². The Balaban J connectivity index is 1.61. The first-order chi connectivity index (χ1) is 12.2. The van der Waals surface area contributed by atoms with Crippen molar-refractivity contribution in [2.24, 2.45) is 5.92 Å². The minimum absolute atomic E-state index is 0.0832. The number of aromatic nitrogens is 4. The summed E-state index contributed by atoms with van der Waals surface area (Å²) >= 11 is 1.45. The van der Waals surface area contributed by atoms with Gasteiger partial charge in [-0.15, -0.1) is 10.2 Å². The Kier molecular flexibility index (Phi) is 6.07. The molecule has 0 aliphatic heterocycles. The molecule has 0 aromatic carbocycles.